The predicted octanol–water partition coefficient (Wildman–Crippen LogP) is 0.324. The van der Waals surface area contributed by atoms with E-state index in [1.54, 1.807) is 68.7 Å². The molecule has 0 spiro atoms. The molecule has 2 aromatic carbocycles. The van der Waals surface area contributed by atoms with Crippen LogP contribution in [0.4, 0.5) is 4.79 Å². The van der Waals surface area contributed by atoms with Gasteiger partial charge in [0.15, 0.2) is 6.10 Å². The van der Waals surface area contributed by atoms with Gasteiger partial charge in [-0.25, -0.2) is 4.79 Å². The highest BCUT2D eigenvalue weighted by Gasteiger charge is 2.40. The molecular weight excluding hydrogens is 530 g/mol. The van der Waals surface area contributed by atoms with E-state index in [1.807, 2.05) is 11.4 Å². The van der Waals surface area contributed by atoms with Crippen molar-refractivity contribution in [3.8, 4) is 0 Å². The summed E-state index contributed by atoms with van der Waals surface area (Å²) in [6.45, 7) is 0.254. The number of nitrogens with two attached hydrogens (primary N) is 1. The van der Waals surface area contributed by atoms with Crippen LogP contribution in [-0.2, 0) is 36.9 Å². The molecule has 12 heteroatoms. The van der Waals surface area contributed by atoms with E-state index in [0.717, 1.165) is 11.1 Å². The van der Waals surface area contributed by atoms with Crippen molar-refractivity contribution in [3.63, 3.8) is 0 Å². The number of amides is 5. The lowest BCUT2D eigenvalue weighted by atomic mass is 9.99. The van der Waals surface area contributed by atoms with Gasteiger partial charge in [0.1, 0.15) is 12.6 Å². The molecule has 220 valence electrons. The molecule has 0 saturated carbocycles. The van der Waals surface area contributed by atoms with E-state index in [1.165, 1.54) is 9.80 Å². The summed E-state index contributed by atoms with van der Waals surface area (Å²) in [5.74, 6) is -2.56. The Labute approximate surface area is 238 Å². The Kier molecular flexibility index (Phi) is 11.4. The van der Waals surface area contributed by atoms with Crippen molar-refractivity contribution in [3.05, 3.63) is 71.8 Å². The first-order valence-electron chi connectivity index (χ1n) is 13.4. The number of aliphatic hydroxyl groups is 1. The van der Waals surface area contributed by atoms with Gasteiger partial charge >= 0.3 is 6.09 Å². The zero-order valence-corrected chi connectivity index (χ0v) is 23.2. The van der Waals surface area contributed by atoms with Gasteiger partial charge in [-0.05, 0) is 30.4 Å². The second-order valence-corrected chi connectivity index (χ2v) is 10.1. The lowest BCUT2D eigenvalue weighted by Crippen LogP contribution is -2.57. The number of hydrogen-bond donors (Lipinski definition) is 4. The summed E-state index contributed by atoms with van der Waals surface area (Å²) >= 11 is 0. The molecule has 0 radical (unpaired) electrons. The second-order valence-electron chi connectivity index (χ2n) is 10.1. The number of rotatable bonds is 11. The molecule has 0 aliphatic carbocycles. The minimum absolute atomic E-state index is 0.0441. The number of likely N-dealkylation sites (N-methyl/N-ethyl adjacent to an activating group) is 1. The molecule has 0 bridgehead atoms. The average molecular weight is 568 g/mol. The van der Waals surface area contributed by atoms with Crippen LogP contribution in [0.15, 0.2) is 60.7 Å². The van der Waals surface area contributed by atoms with Crippen LogP contribution in [0.2, 0.25) is 0 Å². The molecule has 4 atom stereocenters. The predicted molar refractivity (Wildman–Crippen MR) is 149 cm³/mol. The lowest BCUT2D eigenvalue weighted by Gasteiger charge is -2.31. The zero-order chi connectivity index (χ0) is 29.9. The van der Waals surface area contributed by atoms with Gasteiger partial charge in [0.25, 0.3) is 5.91 Å². The molecular formula is C29H37N5O7. The molecule has 3 rings (SSSR count). The van der Waals surface area contributed by atoms with Crippen LogP contribution < -0.4 is 16.4 Å². The molecule has 0 aromatic heterocycles. The molecule has 1 aliphatic rings. The van der Waals surface area contributed by atoms with Gasteiger partial charge in [-0.15, -0.1) is 0 Å². The van der Waals surface area contributed by atoms with Gasteiger partial charge in [-0.2, -0.15) is 0 Å². The number of hydrogen-bond acceptors (Lipinski definition) is 8. The fraction of sp³-hybridized carbons (Fsp3) is 0.414. The van der Waals surface area contributed by atoms with E-state index >= 15 is 0 Å². The molecule has 12 nitrogen and oxygen atoms in total. The van der Waals surface area contributed by atoms with Crippen molar-refractivity contribution < 1.29 is 33.8 Å². The Hall–Kier alpha value is -4.29. The Morgan fingerprint density at radius 1 is 1.02 bits per heavy atom. The normalized spacial score (nSPS) is 16.7. The van der Waals surface area contributed by atoms with Crippen molar-refractivity contribution in [2.45, 2.75) is 56.5 Å². The largest absolute Gasteiger partial charge is 0.444 e. The summed E-state index contributed by atoms with van der Waals surface area (Å²) in [7, 11) is 3.19. The number of benzene rings is 2. The number of aliphatic hydroxyl groups excluding tert-OH is 1. The molecule has 5 amide bonds. The number of alkyl carbamates (subject to hydrolysis) is 1. The summed E-state index contributed by atoms with van der Waals surface area (Å²) in [5, 5.41) is 15.7. The minimum atomic E-state index is -1.68. The van der Waals surface area contributed by atoms with Crippen LogP contribution in [0.1, 0.15) is 30.4 Å². The van der Waals surface area contributed by atoms with Crippen LogP contribution >= 0.6 is 0 Å². The van der Waals surface area contributed by atoms with Crippen molar-refractivity contribution in [2.75, 3.05) is 20.6 Å². The number of carbonyl (C=O) groups is 5. The average Bonchev–Trinajstić information content (AvgIpc) is 3.45. The fourth-order valence-electron chi connectivity index (χ4n) is 4.54. The van der Waals surface area contributed by atoms with Crippen LogP contribution in [-0.4, -0.2) is 89.5 Å². The Bertz CT molecular complexity index is 1210. The maximum Gasteiger partial charge on any atom is 0.414 e. The SMILES string of the molecule is CN(C)C(=O)[C@@H]1CCCN1C(=O)C(O)C(Cc1ccccc1)NC(=O)[C@@H](N)CC(=O)NC(=O)OCc1ccccc1. The highest BCUT2D eigenvalue weighted by Crippen LogP contribution is 2.21. The van der Waals surface area contributed by atoms with E-state index in [9.17, 15) is 29.1 Å². The molecule has 2 unspecified atom stereocenters. The van der Waals surface area contributed by atoms with Crippen molar-refractivity contribution in [2.24, 2.45) is 5.73 Å². The van der Waals surface area contributed by atoms with Crippen LogP contribution in [0, 0.1) is 0 Å². The highest BCUT2D eigenvalue weighted by molar-refractivity contribution is 5.95. The first-order chi connectivity index (χ1) is 19.6. The van der Waals surface area contributed by atoms with Gasteiger partial charge in [-0.3, -0.25) is 24.5 Å². The van der Waals surface area contributed by atoms with Gasteiger partial charge in [0.2, 0.25) is 17.7 Å². The summed E-state index contributed by atoms with van der Waals surface area (Å²) in [6, 6.07) is 14.6. The number of nitrogens with one attached hydrogen (secondary N) is 2. The second kappa shape index (κ2) is 14.9. The van der Waals surface area contributed by atoms with Crippen molar-refractivity contribution in [1.82, 2.24) is 20.4 Å². The Balaban J connectivity index is 1.62. The Morgan fingerprint density at radius 2 is 1.63 bits per heavy atom. The van der Waals surface area contributed by atoms with Crippen molar-refractivity contribution in [1.29, 1.82) is 0 Å². The number of ether oxygens (including phenoxy) is 1. The third-order valence-electron chi connectivity index (χ3n) is 6.72. The number of nitrogens with zero attached hydrogens (tertiary/aromatic N) is 2. The van der Waals surface area contributed by atoms with Crippen LogP contribution in [0.25, 0.3) is 0 Å². The van der Waals surface area contributed by atoms with E-state index in [-0.39, 0.29) is 18.9 Å². The monoisotopic (exact) mass is 567 g/mol. The fourth-order valence-corrected chi connectivity index (χ4v) is 4.54. The van der Waals surface area contributed by atoms with E-state index in [0.29, 0.717) is 19.4 Å². The maximum absolute atomic E-state index is 13.3. The molecule has 1 fully saturated rings. The molecule has 1 heterocycles. The highest BCUT2D eigenvalue weighted by atomic mass is 16.5. The van der Waals surface area contributed by atoms with Gasteiger partial charge in [-0.1, -0.05) is 60.7 Å². The first-order valence-corrected chi connectivity index (χ1v) is 13.4. The van der Waals surface area contributed by atoms with Crippen LogP contribution in [0.5, 0.6) is 0 Å². The number of likely N-dealkylation sites (tertiary alicyclic amines) is 1. The van der Waals surface area contributed by atoms with Crippen molar-refractivity contribution >= 4 is 29.7 Å². The summed E-state index contributed by atoms with van der Waals surface area (Å²) < 4.78 is 5.00. The first kappa shape index (κ1) is 31.2. The number of carbonyl (C=O) groups excluding carboxylic acids is 5. The molecule has 5 N–H and O–H groups in total. The summed E-state index contributed by atoms with van der Waals surface area (Å²) in [6.07, 6.45) is -2.04. The van der Waals surface area contributed by atoms with Gasteiger partial charge in [0, 0.05) is 20.6 Å². The third kappa shape index (κ3) is 9.12. The summed E-state index contributed by atoms with van der Waals surface area (Å²) in [4.78, 5) is 65.9. The molecule has 2 aromatic rings. The standard InChI is InChI=1S/C29H37N5O7/c1-33(2)27(38)23-14-9-15-34(23)28(39)25(36)22(16-19-10-5-3-6-11-19)31-26(37)21(30)17-24(35)32-29(40)41-18-20-12-7-4-8-13-20/h3-8,10-13,21-23,25,36H,9,14-18,30H2,1-2H3,(H,31,37)(H,32,35,40)/t21-,22?,23-,25?/m0/s1. The topological polar surface area (TPSA) is 171 Å². The van der Waals surface area contributed by atoms with Crippen LogP contribution in [0.3, 0.4) is 0 Å². The smallest absolute Gasteiger partial charge is 0.414 e. The number of imide groups is 1. The maximum atomic E-state index is 13.3. The summed E-state index contributed by atoms with van der Waals surface area (Å²) in [5.41, 5.74) is 7.41. The third-order valence-corrected chi connectivity index (χ3v) is 6.72. The molecule has 1 saturated heterocycles. The minimum Gasteiger partial charge on any atom is -0.444 e. The quantitative estimate of drug-likeness (QED) is 0.301. The zero-order valence-electron chi connectivity index (χ0n) is 23.2. The van der Waals surface area contributed by atoms with Gasteiger partial charge in [0.05, 0.1) is 18.5 Å². The lowest BCUT2D eigenvalue weighted by molar-refractivity contribution is -0.149. The van der Waals surface area contributed by atoms with E-state index in [4.69, 9.17) is 10.5 Å². The van der Waals surface area contributed by atoms with E-state index in [2.05, 4.69) is 5.32 Å². The molecule has 41 heavy (non-hydrogen) atoms. The Morgan fingerprint density at radius 3 is 2.24 bits per heavy atom. The van der Waals surface area contributed by atoms with Gasteiger partial charge < -0.3 is 30.7 Å². The molecule has 1 aliphatic heterocycles. The van der Waals surface area contributed by atoms with E-state index < -0.39 is 54.5 Å².